The number of rotatable bonds is 5. The van der Waals surface area contributed by atoms with Crippen molar-refractivity contribution in [2.24, 2.45) is 0 Å². The Morgan fingerprint density at radius 3 is 2.50 bits per heavy atom. The molecule has 0 saturated carbocycles. The Hall–Kier alpha value is -3.59. The van der Waals surface area contributed by atoms with E-state index in [0.717, 1.165) is 55.4 Å². The number of pyridine rings is 1. The zero-order chi connectivity index (χ0) is 20.3. The average molecular weight is 402 g/mol. The molecule has 0 aromatic carbocycles. The Balaban J connectivity index is 1.20. The zero-order valence-corrected chi connectivity index (χ0v) is 16.5. The van der Waals surface area contributed by atoms with Crippen LogP contribution in [0.4, 0.5) is 5.82 Å². The summed E-state index contributed by atoms with van der Waals surface area (Å²) in [5.74, 6) is 0.961. The maximum Gasteiger partial charge on any atom is 0.266 e. The molecule has 1 fully saturated rings. The van der Waals surface area contributed by atoms with E-state index in [1.54, 1.807) is 39.9 Å². The molecule has 0 amide bonds. The molecular formula is C21H22N8O. The average Bonchev–Trinajstić information content (AvgIpc) is 3.27. The molecule has 9 heteroatoms. The molecule has 1 aliphatic heterocycles. The molecule has 0 atom stereocenters. The maximum atomic E-state index is 12.2. The smallest absolute Gasteiger partial charge is 0.266 e. The summed E-state index contributed by atoms with van der Waals surface area (Å²) in [5, 5.41) is 9.16. The Kier molecular flexibility index (Phi) is 4.94. The fourth-order valence-corrected chi connectivity index (χ4v) is 3.70. The fourth-order valence-electron chi connectivity index (χ4n) is 3.70. The molecule has 152 valence electrons. The van der Waals surface area contributed by atoms with Crippen LogP contribution >= 0.6 is 0 Å². The van der Waals surface area contributed by atoms with E-state index in [2.05, 4.69) is 30.0 Å². The summed E-state index contributed by atoms with van der Waals surface area (Å²) in [6, 6.07) is 11.1. The molecule has 0 bridgehead atoms. The van der Waals surface area contributed by atoms with Gasteiger partial charge < -0.3 is 4.90 Å². The van der Waals surface area contributed by atoms with Crippen molar-refractivity contribution in [3.05, 3.63) is 71.5 Å². The minimum atomic E-state index is -0.0794. The van der Waals surface area contributed by atoms with Crippen molar-refractivity contribution in [2.75, 3.05) is 37.6 Å². The van der Waals surface area contributed by atoms with Crippen LogP contribution in [-0.2, 0) is 6.54 Å². The van der Waals surface area contributed by atoms with Crippen LogP contribution in [-0.4, -0.2) is 67.0 Å². The topological polar surface area (TPSA) is 84.5 Å². The lowest BCUT2D eigenvalue weighted by molar-refractivity contribution is 0.242. The SMILES string of the molecule is O=c1ccc(-c2ccncc2)nn1CCN1CCN(c2ccc3nccn3n2)CC1. The summed E-state index contributed by atoms with van der Waals surface area (Å²) >= 11 is 0. The summed E-state index contributed by atoms with van der Waals surface area (Å²) < 4.78 is 3.35. The number of aromatic nitrogens is 6. The van der Waals surface area contributed by atoms with Crippen LogP contribution in [0.3, 0.4) is 0 Å². The Bertz CT molecular complexity index is 1190. The fraction of sp³-hybridized carbons (Fsp3) is 0.286. The first kappa shape index (κ1) is 18.4. The van der Waals surface area contributed by atoms with Gasteiger partial charge in [0.2, 0.25) is 0 Å². The van der Waals surface area contributed by atoms with E-state index in [9.17, 15) is 4.79 Å². The predicted octanol–water partition coefficient (Wildman–Crippen LogP) is 1.17. The lowest BCUT2D eigenvalue weighted by atomic mass is 10.2. The van der Waals surface area contributed by atoms with Crippen molar-refractivity contribution < 1.29 is 0 Å². The van der Waals surface area contributed by atoms with Gasteiger partial charge in [0.05, 0.1) is 12.2 Å². The number of hydrogen-bond acceptors (Lipinski definition) is 7. The van der Waals surface area contributed by atoms with Gasteiger partial charge in [0.1, 0.15) is 5.82 Å². The molecule has 30 heavy (non-hydrogen) atoms. The first-order valence-electron chi connectivity index (χ1n) is 10.0. The minimum Gasteiger partial charge on any atom is -0.353 e. The summed E-state index contributed by atoms with van der Waals surface area (Å²) in [5.41, 5.74) is 2.51. The van der Waals surface area contributed by atoms with Gasteiger partial charge in [-0.15, -0.1) is 5.10 Å². The highest BCUT2D eigenvalue weighted by atomic mass is 16.1. The largest absolute Gasteiger partial charge is 0.353 e. The van der Waals surface area contributed by atoms with Gasteiger partial charge in [0, 0.05) is 69.1 Å². The minimum absolute atomic E-state index is 0.0794. The molecule has 4 aromatic rings. The van der Waals surface area contributed by atoms with Gasteiger partial charge in [-0.1, -0.05) is 0 Å². The van der Waals surface area contributed by atoms with Gasteiger partial charge in [-0.3, -0.25) is 14.7 Å². The second-order valence-electron chi connectivity index (χ2n) is 7.27. The molecular weight excluding hydrogens is 380 g/mol. The molecule has 1 saturated heterocycles. The number of nitrogens with zero attached hydrogens (tertiary/aromatic N) is 8. The van der Waals surface area contributed by atoms with Gasteiger partial charge in [0.15, 0.2) is 5.65 Å². The van der Waals surface area contributed by atoms with Crippen molar-refractivity contribution in [3.63, 3.8) is 0 Å². The highest BCUT2D eigenvalue weighted by molar-refractivity contribution is 5.57. The molecule has 0 spiro atoms. The number of fused-ring (bicyclic) bond motifs is 1. The van der Waals surface area contributed by atoms with E-state index in [1.165, 1.54) is 0 Å². The Labute approximate surface area is 173 Å². The normalized spacial score (nSPS) is 15.0. The number of piperazine rings is 1. The lowest BCUT2D eigenvalue weighted by Gasteiger charge is -2.35. The molecule has 0 unspecified atom stereocenters. The first-order chi connectivity index (χ1) is 14.8. The molecule has 4 aromatic heterocycles. The predicted molar refractivity (Wildman–Crippen MR) is 113 cm³/mol. The van der Waals surface area contributed by atoms with E-state index in [0.29, 0.717) is 6.54 Å². The van der Waals surface area contributed by atoms with Crippen LogP contribution in [0.15, 0.2) is 66.0 Å². The third-order valence-corrected chi connectivity index (χ3v) is 5.41. The number of hydrogen-bond donors (Lipinski definition) is 0. The van der Waals surface area contributed by atoms with E-state index < -0.39 is 0 Å². The summed E-state index contributed by atoms with van der Waals surface area (Å²) in [6.07, 6.45) is 7.07. The van der Waals surface area contributed by atoms with Crippen molar-refractivity contribution in [2.45, 2.75) is 6.54 Å². The van der Waals surface area contributed by atoms with Gasteiger partial charge >= 0.3 is 0 Å². The second kappa shape index (κ2) is 8.03. The van der Waals surface area contributed by atoms with Gasteiger partial charge in [0.25, 0.3) is 5.56 Å². The van der Waals surface area contributed by atoms with E-state index in [4.69, 9.17) is 0 Å². The molecule has 0 N–H and O–H groups in total. The lowest BCUT2D eigenvalue weighted by Crippen LogP contribution is -2.48. The molecule has 5 heterocycles. The number of imidazole rings is 1. The highest BCUT2D eigenvalue weighted by Gasteiger charge is 2.18. The van der Waals surface area contributed by atoms with Crippen LogP contribution in [0.25, 0.3) is 16.9 Å². The Morgan fingerprint density at radius 2 is 1.67 bits per heavy atom. The van der Waals surface area contributed by atoms with Crippen molar-refractivity contribution in [3.8, 4) is 11.3 Å². The molecule has 5 rings (SSSR count). The highest BCUT2D eigenvalue weighted by Crippen LogP contribution is 2.15. The van der Waals surface area contributed by atoms with Crippen molar-refractivity contribution in [1.29, 1.82) is 0 Å². The van der Waals surface area contributed by atoms with E-state index >= 15 is 0 Å². The molecule has 0 aliphatic carbocycles. The Morgan fingerprint density at radius 1 is 0.833 bits per heavy atom. The van der Waals surface area contributed by atoms with Crippen LogP contribution in [0.2, 0.25) is 0 Å². The van der Waals surface area contributed by atoms with Crippen molar-refractivity contribution in [1.82, 2.24) is 34.3 Å². The molecule has 0 radical (unpaired) electrons. The summed E-state index contributed by atoms with van der Waals surface area (Å²) in [6.45, 7) is 4.98. The third kappa shape index (κ3) is 3.79. The van der Waals surface area contributed by atoms with Gasteiger partial charge in [-0.25, -0.2) is 14.2 Å². The van der Waals surface area contributed by atoms with Gasteiger partial charge in [-0.2, -0.15) is 5.10 Å². The third-order valence-electron chi connectivity index (χ3n) is 5.41. The second-order valence-corrected chi connectivity index (χ2v) is 7.27. The molecule has 1 aliphatic rings. The molecule has 9 nitrogen and oxygen atoms in total. The van der Waals surface area contributed by atoms with E-state index in [-0.39, 0.29) is 5.56 Å². The van der Waals surface area contributed by atoms with Crippen LogP contribution in [0.1, 0.15) is 0 Å². The zero-order valence-electron chi connectivity index (χ0n) is 16.5. The standard InChI is InChI=1S/C21H22N8O/c30-21-4-1-18(17-5-7-22-8-6-17)24-29(21)16-13-26-11-14-27(15-12-26)20-3-2-19-23-9-10-28(19)25-20/h1-10H,11-16H2. The van der Waals surface area contributed by atoms with Crippen LogP contribution < -0.4 is 10.5 Å². The van der Waals surface area contributed by atoms with E-state index in [1.807, 2.05) is 30.5 Å². The monoisotopic (exact) mass is 402 g/mol. The maximum absolute atomic E-state index is 12.2. The summed E-state index contributed by atoms with van der Waals surface area (Å²) in [7, 11) is 0. The van der Waals surface area contributed by atoms with Crippen LogP contribution in [0.5, 0.6) is 0 Å². The van der Waals surface area contributed by atoms with Crippen molar-refractivity contribution >= 4 is 11.5 Å². The number of anilines is 1. The van der Waals surface area contributed by atoms with Gasteiger partial charge in [-0.05, 0) is 30.3 Å². The van der Waals surface area contributed by atoms with Crippen LogP contribution in [0, 0.1) is 0 Å². The first-order valence-corrected chi connectivity index (χ1v) is 10.0. The quantitative estimate of drug-likeness (QED) is 0.495. The summed E-state index contributed by atoms with van der Waals surface area (Å²) in [4.78, 5) is 25.2.